The molecule has 0 saturated carbocycles. The van der Waals surface area contributed by atoms with E-state index in [-0.39, 0.29) is 10.8 Å². The minimum absolute atomic E-state index is 0.0867. The zero-order valence-electron chi connectivity index (χ0n) is 25.7. The molecular weight excluding hydrogens is 647 g/mol. The maximum absolute atomic E-state index is 5.70. The van der Waals surface area contributed by atoms with E-state index in [0.29, 0.717) is 3.67 Å². The Hall–Kier alpha value is -2.38. The average Bonchev–Trinajstić information content (AvgIpc) is 3.58. The molecule has 0 heterocycles. The molecule has 2 aliphatic rings. The van der Waals surface area contributed by atoms with Gasteiger partial charge in [0.25, 0.3) is 0 Å². The molecule has 0 aromatic heterocycles. The van der Waals surface area contributed by atoms with E-state index in [4.69, 9.17) is 4.26 Å². The second-order valence-corrected chi connectivity index (χ2v) is 35.6. The summed E-state index contributed by atoms with van der Waals surface area (Å²) in [6.07, 6.45) is 13.7. The number of hydrogen-bond acceptors (Lipinski definition) is 0. The Morgan fingerprint density at radius 3 is 1.85 bits per heavy atom. The van der Waals surface area contributed by atoms with Crippen molar-refractivity contribution in [3.05, 3.63) is 123 Å². The average molecular weight is 695 g/mol. The Kier molecular flexibility index (Phi) is 7.62. The van der Waals surface area contributed by atoms with Crippen LogP contribution in [0.15, 0.2) is 101 Å². The number of allylic oxidation sites excluding steroid dienone is 5. The van der Waals surface area contributed by atoms with Crippen molar-refractivity contribution >= 4 is 7.58 Å². The summed E-state index contributed by atoms with van der Waals surface area (Å²) in [5.74, 6) is 0. The third-order valence-electron chi connectivity index (χ3n) is 9.91. The van der Waals surface area contributed by atoms with Crippen LogP contribution in [0.5, 0.6) is 0 Å². The van der Waals surface area contributed by atoms with Gasteiger partial charge in [0, 0.05) is 0 Å². The van der Waals surface area contributed by atoms with E-state index in [1.807, 2.05) is 0 Å². The molecule has 2 aliphatic carbocycles. The molecule has 0 saturated heterocycles. The van der Waals surface area contributed by atoms with Gasteiger partial charge in [-0.3, -0.25) is 0 Å². The number of unbranched alkanes of at least 4 members (excludes halogenated alkanes) is 2. The molecule has 5 rings (SSSR count). The molecule has 3 aromatic rings. The predicted molar refractivity (Wildman–Crippen MR) is 175 cm³/mol. The summed E-state index contributed by atoms with van der Waals surface area (Å²) >= 11 is -4.50. The molecule has 0 spiro atoms. The van der Waals surface area contributed by atoms with Gasteiger partial charge in [0.1, 0.15) is 0 Å². The zero-order chi connectivity index (χ0) is 28.8. The molecule has 0 unspecified atom stereocenters. The van der Waals surface area contributed by atoms with E-state index in [0.717, 1.165) is 12.8 Å². The minimum atomic E-state index is -4.50. The molecule has 0 aliphatic heterocycles. The number of hydrogen-bond donors (Lipinski definition) is 0. The van der Waals surface area contributed by atoms with Crippen molar-refractivity contribution in [3.8, 4) is 11.1 Å². The van der Waals surface area contributed by atoms with E-state index in [9.17, 15) is 0 Å². The summed E-state index contributed by atoms with van der Waals surface area (Å²) in [6, 6.07) is 26.3. The van der Waals surface area contributed by atoms with Gasteiger partial charge in [-0.25, -0.2) is 0 Å². The van der Waals surface area contributed by atoms with Crippen LogP contribution in [0.3, 0.4) is 0 Å². The maximum atomic E-state index is 5.70. The van der Waals surface area contributed by atoms with Gasteiger partial charge in [0.15, 0.2) is 0 Å². The van der Waals surface area contributed by atoms with Crippen LogP contribution in [0, 0.1) is 0 Å². The fourth-order valence-electron chi connectivity index (χ4n) is 7.51. The molecule has 0 amide bonds. The molecule has 3 aromatic carbocycles. The molecule has 0 fully saturated rings. The number of rotatable bonds is 8. The van der Waals surface area contributed by atoms with Crippen molar-refractivity contribution in [2.24, 2.45) is 0 Å². The summed E-state index contributed by atoms with van der Waals surface area (Å²) in [5, 5.41) is 0. The predicted octanol–water partition coefficient (Wildman–Crippen LogP) is 10.4. The van der Waals surface area contributed by atoms with Crippen LogP contribution in [0.1, 0.15) is 93.2 Å². The van der Waals surface area contributed by atoms with Gasteiger partial charge in [-0.1, -0.05) is 0 Å². The molecular formula is C39H48Hf. The fraction of sp³-hybridized carbons (Fsp3) is 0.359. The number of benzene rings is 3. The van der Waals surface area contributed by atoms with E-state index < -0.39 is 18.0 Å². The van der Waals surface area contributed by atoms with Crippen LogP contribution in [-0.2, 0) is 28.8 Å². The molecule has 40 heavy (non-hydrogen) atoms. The van der Waals surface area contributed by atoms with Gasteiger partial charge < -0.3 is 0 Å². The van der Waals surface area contributed by atoms with Crippen LogP contribution in [-0.4, -0.2) is 4.26 Å². The van der Waals surface area contributed by atoms with Crippen molar-refractivity contribution in [1.82, 2.24) is 0 Å². The van der Waals surface area contributed by atoms with E-state index in [1.165, 1.54) is 50.4 Å². The molecule has 0 N–H and O–H groups in total. The third-order valence-corrected chi connectivity index (χ3v) is 36.0. The Balaban J connectivity index is 1.90. The van der Waals surface area contributed by atoms with Gasteiger partial charge in [-0.15, -0.1) is 0 Å². The fourth-order valence-corrected chi connectivity index (χ4v) is 33.3. The zero-order valence-corrected chi connectivity index (χ0v) is 29.3. The van der Waals surface area contributed by atoms with Gasteiger partial charge in [0.05, 0.1) is 0 Å². The van der Waals surface area contributed by atoms with Crippen molar-refractivity contribution in [2.75, 3.05) is 0 Å². The number of fused-ring (bicyclic) bond motifs is 3. The first-order valence-electron chi connectivity index (χ1n) is 15.2. The molecule has 1 heteroatoms. The van der Waals surface area contributed by atoms with Gasteiger partial charge in [-0.2, -0.15) is 0 Å². The second-order valence-electron chi connectivity index (χ2n) is 14.5. The van der Waals surface area contributed by atoms with Crippen LogP contribution in [0.4, 0.5) is 0 Å². The summed E-state index contributed by atoms with van der Waals surface area (Å²) in [6.45, 7) is 18.1. The Labute approximate surface area is 244 Å². The molecule has 0 atom stereocenters. The van der Waals surface area contributed by atoms with Crippen molar-refractivity contribution in [2.45, 2.75) is 85.9 Å². The van der Waals surface area contributed by atoms with E-state index in [2.05, 4.69) is 139 Å². The first-order chi connectivity index (χ1) is 18.9. The quantitative estimate of drug-likeness (QED) is 0.125. The topological polar surface area (TPSA) is 0 Å². The van der Waals surface area contributed by atoms with Gasteiger partial charge >= 0.3 is 246 Å². The molecule has 0 radical (unpaired) electrons. The SMILES string of the molecule is C=CCCC[CH2][Hf](=[CH2])([C]1=CC=CC1)([c]1ccccc1)[CH]1c2cc(C(C)(C)C)ccc2-c2ccc(C(C)(C)C)cc21. The standard InChI is InChI=1S/C21H25.C6H5.C6H11.C5H5.CH2.Hf/c1-20(2,3)16-7-9-18-14(12-16)11-15-13-17(21(4,5)6)8-10-19(15)18;1-2-4-6-5-3-1;1-3-5-6-4-2;1-2-4-5-3-1;;/h7-13H,1-6H3;1-5H;3H,1-2,4-6H2;1-3H,4H2;1H2;. The summed E-state index contributed by atoms with van der Waals surface area (Å²) in [4.78, 5) is 0. The monoisotopic (exact) mass is 696 g/mol. The summed E-state index contributed by atoms with van der Waals surface area (Å²) < 4.78 is 10.4. The van der Waals surface area contributed by atoms with Crippen molar-refractivity contribution in [1.29, 1.82) is 0 Å². The second kappa shape index (κ2) is 10.5. The van der Waals surface area contributed by atoms with Gasteiger partial charge in [-0.05, 0) is 0 Å². The van der Waals surface area contributed by atoms with Crippen molar-refractivity contribution in [3.63, 3.8) is 0 Å². The summed E-state index contributed by atoms with van der Waals surface area (Å²) in [7, 11) is 0. The van der Waals surface area contributed by atoms with Crippen LogP contribution >= 0.6 is 0 Å². The van der Waals surface area contributed by atoms with Crippen LogP contribution in [0.25, 0.3) is 11.1 Å². The Bertz CT molecular complexity index is 1480. The van der Waals surface area contributed by atoms with Gasteiger partial charge in [0.2, 0.25) is 0 Å². The van der Waals surface area contributed by atoms with Crippen LogP contribution < -0.4 is 3.32 Å². The molecule has 0 bridgehead atoms. The van der Waals surface area contributed by atoms with E-state index >= 15 is 0 Å². The van der Waals surface area contributed by atoms with Crippen LogP contribution in [0.2, 0.25) is 4.18 Å². The molecule has 208 valence electrons. The Morgan fingerprint density at radius 1 is 0.800 bits per heavy atom. The molecule has 0 nitrogen and oxygen atoms in total. The van der Waals surface area contributed by atoms with E-state index in [1.54, 1.807) is 6.65 Å². The normalized spacial score (nSPS) is 15.6. The third kappa shape index (κ3) is 4.77. The van der Waals surface area contributed by atoms with Crippen molar-refractivity contribution < 1.29 is 18.0 Å². The first-order valence-corrected chi connectivity index (χ1v) is 26.0. The summed E-state index contributed by atoms with van der Waals surface area (Å²) in [5.41, 5.74) is 8.92. The Morgan fingerprint density at radius 2 is 1.38 bits per heavy atom. The first kappa shape index (κ1) is 29.1.